The first-order valence-electron chi connectivity index (χ1n) is 12.5. The Kier molecular flexibility index (Phi) is 6.93. The first-order valence-corrected chi connectivity index (χ1v) is 12.5. The molecule has 3 heterocycles. The van der Waals surface area contributed by atoms with Crippen molar-refractivity contribution in [3.63, 3.8) is 0 Å². The normalized spacial score (nSPS) is 21.4. The number of aromatic nitrogens is 1. The van der Waals surface area contributed by atoms with Gasteiger partial charge in [0.2, 0.25) is 0 Å². The van der Waals surface area contributed by atoms with Crippen LogP contribution in [0.25, 0.3) is 0 Å². The molecule has 6 heteroatoms. The number of fused-ring (bicyclic) bond motifs is 1. The average molecular weight is 450 g/mol. The van der Waals surface area contributed by atoms with Crippen LogP contribution in [0.1, 0.15) is 72.9 Å². The highest BCUT2D eigenvalue weighted by Gasteiger charge is 2.37. The molecule has 1 saturated heterocycles. The molecule has 2 N–H and O–H groups in total. The summed E-state index contributed by atoms with van der Waals surface area (Å²) in [4.78, 5) is 19.1. The molecule has 0 bridgehead atoms. The number of likely N-dealkylation sites (tertiary alicyclic amines) is 1. The van der Waals surface area contributed by atoms with Gasteiger partial charge in [0, 0.05) is 19.7 Å². The van der Waals surface area contributed by atoms with Crippen molar-refractivity contribution in [1.82, 2.24) is 9.88 Å². The van der Waals surface area contributed by atoms with E-state index in [2.05, 4.69) is 33.4 Å². The fourth-order valence-corrected chi connectivity index (χ4v) is 5.44. The van der Waals surface area contributed by atoms with E-state index in [4.69, 9.17) is 4.74 Å². The van der Waals surface area contributed by atoms with Crippen molar-refractivity contribution >= 4 is 11.8 Å². The van der Waals surface area contributed by atoms with Gasteiger partial charge < -0.3 is 15.2 Å². The van der Waals surface area contributed by atoms with Gasteiger partial charge in [-0.25, -0.2) is 4.98 Å². The lowest BCUT2D eigenvalue weighted by Gasteiger charge is -2.26. The number of nitrogens with zero attached hydrogens (tertiary/aromatic N) is 2. The molecule has 2 aromatic rings. The minimum Gasteiger partial charge on any atom is -0.480 e. The predicted octanol–water partition coefficient (Wildman–Crippen LogP) is 4.76. The lowest BCUT2D eigenvalue weighted by molar-refractivity contribution is -0.143. The maximum atomic E-state index is 12.2. The summed E-state index contributed by atoms with van der Waals surface area (Å²) in [6, 6.07) is 11.9. The number of hydrogen-bond acceptors (Lipinski definition) is 5. The minimum atomic E-state index is -0.723. The molecule has 0 spiro atoms. The zero-order valence-corrected chi connectivity index (χ0v) is 19.3. The van der Waals surface area contributed by atoms with E-state index < -0.39 is 12.0 Å². The number of rotatable bonds is 10. The average Bonchev–Trinajstić information content (AvgIpc) is 3.58. The number of pyridine rings is 1. The zero-order chi connectivity index (χ0) is 22.6. The molecular weight excluding hydrogens is 414 g/mol. The van der Waals surface area contributed by atoms with Crippen molar-refractivity contribution in [2.24, 2.45) is 5.92 Å². The number of anilines is 1. The molecule has 1 aliphatic carbocycles. The van der Waals surface area contributed by atoms with Crippen LogP contribution in [0.2, 0.25) is 0 Å². The van der Waals surface area contributed by atoms with Crippen molar-refractivity contribution in [2.45, 2.75) is 63.5 Å². The lowest BCUT2D eigenvalue weighted by Crippen LogP contribution is -2.33. The second-order valence-electron chi connectivity index (χ2n) is 9.83. The van der Waals surface area contributed by atoms with Crippen molar-refractivity contribution in [3.8, 4) is 0 Å². The van der Waals surface area contributed by atoms with Crippen LogP contribution in [0.5, 0.6) is 0 Å². The first kappa shape index (κ1) is 22.4. The zero-order valence-electron chi connectivity index (χ0n) is 19.3. The van der Waals surface area contributed by atoms with Crippen molar-refractivity contribution in [3.05, 3.63) is 58.8 Å². The summed E-state index contributed by atoms with van der Waals surface area (Å²) in [6.45, 7) is 3.97. The second-order valence-corrected chi connectivity index (χ2v) is 9.83. The maximum Gasteiger partial charge on any atom is 0.325 e. The number of carbonyl (C=O) groups is 1. The van der Waals surface area contributed by atoms with E-state index in [0.717, 1.165) is 69.0 Å². The number of benzene rings is 1. The third-order valence-electron chi connectivity index (χ3n) is 7.33. The molecular formula is C27H35N3O3. The Labute approximate surface area is 196 Å². The van der Waals surface area contributed by atoms with Crippen LogP contribution in [-0.2, 0) is 22.6 Å². The Morgan fingerprint density at radius 1 is 1.21 bits per heavy atom. The topological polar surface area (TPSA) is 74.7 Å². The van der Waals surface area contributed by atoms with Crippen LogP contribution >= 0.6 is 0 Å². The summed E-state index contributed by atoms with van der Waals surface area (Å²) >= 11 is 0. The maximum absolute atomic E-state index is 12.2. The summed E-state index contributed by atoms with van der Waals surface area (Å²) in [6.07, 6.45) is 7.78. The standard InChI is InChI=1S/C27H35N3O3/c31-27(32)25(24-8-2-1-7-23(24)20-9-10-20)30-15-13-19(17-30)5-4-16-33-18-22-12-11-21-6-3-14-28-26(21)29-22/h1-2,7-8,11-12,19-20,25H,3-6,9-10,13-18H2,(H,28,29)(H,31,32)/t19-,25?/m1/s1. The fourth-order valence-electron chi connectivity index (χ4n) is 5.44. The number of carboxylic acids is 1. The minimum absolute atomic E-state index is 0.522. The lowest BCUT2D eigenvalue weighted by atomic mass is 9.96. The Bertz CT molecular complexity index is 975. The number of nitrogens with one attached hydrogen (secondary N) is 1. The SMILES string of the molecule is O=C(O)C(c1ccccc1C1CC1)N1CC[C@@H](CCCOCc2ccc3c(n2)NCCC3)C1. The van der Waals surface area contributed by atoms with Gasteiger partial charge >= 0.3 is 5.97 Å². The van der Waals surface area contributed by atoms with Gasteiger partial charge in [0.1, 0.15) is 11.9 Å². The molecule has 176 valence electrons. The fraction of sp³-hybridized carbons (Fsp3) is 0.556. The van der Waals surface area contributed by atoms with Gasteiger partial charge in [0.05, 0.1) is 12.3 Å². The van der Waals surface area contributed by atoms with Gasteiger partial charge in [0.15, 0.2) is 0 Å². The van der Waals surface area contributed by atoms with E-state index >= 15 is 0 Å². The van der Waals surface area contributed by atoms with E-state index in [1.165, 1.54) is 30.4 Å². The number of ether oxygens (including phenoxy) is 1. The van der Waals surface area contributed by atoms with Crippen molar-refractivity contribution in [2.75, 3.05) is 31.6 Å². The van der Waals surface area contributed by atoms with Gasteiger partial charge in [-0.2, -0.15) is 0 Å². The summed E-state index contributed by atoms with van der Waals surface area (Å²) in [5.74, 6) is 1.39. The second kappa shape index (κ2) is 10.2. The molecule has 2 fully saturated rings. The summed E-state index contributed by atoms with van der Waals surface area (Å²) in [5, 5.41) is 13.4. The van der Waals surface area contributed by atoms with E-state index in [9.17, 15) is 9.90 Å². The monoisotopic (exact) mass is 449 g/mol. The quantitative estimate of drug-likeness (QED) is 0.510. The summed E-state index contributed by atoms with van der Waals surface area (Å²) < 4.78 is 5.90. The Morgan fingerprint density at radius 3 is 2.94 bits per heavy atom. The highest BCUT2D eigenvalue weighted by atomic mass is 16.5. The Hall–Kier alpha value is -2.44. The number of aliphatic carboxylic acids is 1. The number of hydrogen-bond donors (Lipinski definition) is 2. The van der Waals surface area contributed by atoms with Gasteiger partial charge in [0.25, 0.3) is 0 Å². The van der Waals surface area contributed by atoms with Gasteiger partial charge in [-0.15, -0.1) is 0 Å². The molecule has 2 aliphatic heterocycles. The van der Waals surface area contributed by atoms with Crippen LogP contribution in [0.3, 0.4) is 0 Å². The first-order chi connectivity index (χ1) is 16.2. The van der Waals surface area contributed by atoms with Crippen LogP contribution < -0.4 is 5.32 Å². The molecule has 1 saturated carbocycles. The van der Waals surface area contributed by atoms with E-state index in [-0.39, 0.29) is 0 Å². The van der Waals surface area contributed by atoms with Crippen molar-refractivity contribution < 1.29 is 14.6 Å². The predicted molar refractivity (Wildman–Crippen MR) is 128 cm³/mol. The third kappa shape index (κ3) is 5.39. The summed E-state index contributed by atoms with van der Waals surface area (Å²) in [7, 11) is 0. The van der Waals surface area contributed by atoms with Gasteiger partial charge in [-0.05, 0) is 86.1 Å². The molecule has 1 aromatic heterocycles. The largest absolute Gasteiger partial charge is 0.480 e. The van der Waals surface area contributed by atoms with Crippen LogP contribution in [0.4, 0.5) is 5.82 Å². The Morgan fingerprint density at radius 2 is 2.09 bits per heavy atom. The smallest absolute Gasteiger partial charge is 0.325 e. The molecule has 5 rings (SSSR count). The van der Waals surface area contributed by atoms with Crippen LogP contribution in [-0.4, -0.2) is 47.2 Å². The van der Waals surface area contributed by atoms with Crippen LogP contribution in [0, 0.1) is 5.92 Å². The molecule has 1 unspecified atom stereocenters. The molecule has 0 radical (unpaired) electrons. The Balaban J connectivity index is 1.08. The molecule has 6 nitrogen and oxygen atoms in total. The van der Waals surface area contributed by atoms with E-state index in [1.54, 1.807) is 0 Å². The molecule has 3 aliphatic rings. The van der Waals surface area contributed by atoms with Gasteiger partial charge in [-0.1, -0.05) is 30.3 Å². The third-order valence-corrected chi connectivity index (χ3v) is 7.33. The molecule has 2 atom stereocenters. The molecule has 33 heavy (non-hydrogen) atoms. The number of carboxylic acid groups (broad SMARTS) is 1. The highest BCUT2D eigenvalue weighted by molar-refractivity contribution is 5.76. The van der Waals surface area contributed by atoms with E-state index in [1.807, 2.05) is 18.2 Å². The molecule has 1 aromatic carbocycles. The van der Waals surface area contributed by atoms with Gasteiger partial charge in [-0.3, -0.25) is 9.69 Å². The van der Waals surface area contributed by atoms with Crippen LogP contribution in [0.15, 0.2) is 36.4 Å². The van der Waals surface area contributed by atoms with E-state index in [0.29, 0.717) is 18.4 Å². The molecule has 0 amide bonds. The summed E-state index contributed by atoms with van der Waals surface area (Å²) in [5.41, 5.74) is 4.53. The van der Waals surface area contributed by atoms with Crippen molar-refractivity contribution in [1.29, 1.82) is 0 Å². The highest BCUT2D eigenvalue weighted by Crippen LogP contribution is 2.44. The number of aryl methyl sites for hydroxylation is 1.